The van der Waals surface area contributed by atoms with Crippen molar-refractivity contribution in [3.8, 4) is 0 Å². The molecule has 1 saturated heterocycles. The van der Waals surface area contributed by atoms with Crippen LogP contribution in [0.2, 0.25) is 0 Å². The van der Waals surface area contributed by atoms with Gasteiger partial charge < -0.3 is 19.4 Å². The highest BCUT2D eigenvalue weighted by molar-refractivity contribution is 8.06. The third kappa shape index (κ3) is 7.27. The lowest BCUT2D eigenvalue weighted by Gasteiger charge is -2.33. The number of carbonyl (C=O) groups is 1. The number of anilines is 2. The Hall–Kier alpha value is -2.55. The maximum Gasteiger partial charge on any atom is 0.214 e. The summed E-state index contributed by atoms with van der Waals surface area (Å²) in [6, 6.07) is 15.1. The van der Waals surface area contributed by atoms with Crippen molar-refractivity contribution >= 4 is 40.3 Å². The van der Waals surface area contributed by atoms with Crippen molar-refractivity contribution < 1.29 is 13.7 Å². The number of allylic oxidation sites excluding steroid dienone is 2. The van der Waals surface area contributed by atoms with Crippen molar-refractivity contribution in [2.75, 3.05) is 61.2 Å². The summed E-state index contributed by atoms with van der Waals surface area (Å²) in [5.74, 6) is 1.52. The second kappa shape index (κ2) is 13.3. The van der Waals surface area contributed by atoms with E-state index >= 15 is 0 Å². The molecule has 0 radical (unpaired) electrons. The SMILES string of the molecule is C=C(S/C(=C\C)Cc1ccc(N2CCS(=O)CC2)cc1)N1CCc2ccc(N(C=O)CCOC)cc2C1. The third-order valence-corrected chi connectivity index (χ3v) is 9.39. The summed E-state index contributed by atoms with van der Waals surface area (Å²) < 4.78 is 16.8. The van der Waals surface area contributed by atoms with Crippen molar-refractivity contribution in [3.63, 3.8) is 0 Å². The van der Waals surface area contributed by atoms with E-state index in [-0.39, 0.29) is 0 Å². The van der Waals surface area contributed by atoms with Crippen molar-refractivity contribution in [3.05, 3.63) is 81.7 Å². The molecule has 0 aromatic heterocycles. The van der Waals surface area contributed by atoms with E-state index in [1.54, 1.807) is 23.8 Å². The molecule has 198 valence electrons. The van der Waals surface area contributed by atoms with E-state index in [0.29, 0.717) is 13.2 Å². The van der Waals surface area contributed by atoms with Gasteiger partial charge in [-0.3, -0.25) is 9.00 Å². The van der Waals surface area contributed by atoms with Crippen LogP contribution in [0.5, 0.6) is 0 Å². The second-order valence-corrected chi connectivity index (χ2v) is 12.2. The number of rotatable bonds is 11. The zero-order valence-corrected chi connectivity index (χ0v) is 23.5. The molecule has 6 nitrogen and oxygen atoms in total. The highest BCUT2D eigenvalue weighted by Crippen LogP contribution is 2.34. The van der Waals surface area contributed by atoms with Gasteiger partial charge in [-0.2, -0.15) is 0 Å². The van der Waals surface area contributed by atoms with Crippen molar-refractivity contribution in [1.29, 1.82) is 0 Å². The van der Waals surface area contributed by atoms with Gasteiger partial charge in [0.05, 0.1) is 11.6 Å². The molecule has 2 heterocycles. The molecule has 0 atom stereocenters. The van der Waals surface area contributed by atoms with Crippen molar-refractivity contribution in [1.82, 2.24) is 4.90 Å². The Labute approximate surface area is 227 Å². The number of fused-ring (bicyclic) bond motifs is 1. The smallest absolute Gasteiger partial charge is 0.214 e. The standard InChI is InChI=1S/C29H37N3O3S2/c1-4-29(19-24-5-8-27(9-6-24)30-14-17-37(34)18-15-30)36-23(2)31-12-11-25-7-10-28(20-26(25)21-31)32(22-33)13-16-35-3/h4-10,20,22H,2,11-19,21H2,1,3H3/b29-4-. The fourth-order valence-corrected chi connectivity index (χ4v) is 6.70. The average molecular weight is 540 g/mol. The molecule has 2 aromatic rings. The van der Waals surface area contributed by atoms with Gasteiger partial charge in [0, 0.05) is 79.9 Å². The summed E-state index contributed by atoms with van der Waals surface area (Å²) in [5, 5.41) is 1.05. The van der Waals surface area contributed by atoms with Crippen LogP contribution in [0.3, 0.4) is 0 Å². The van der Waals surface area contributed by atoms with E-state index < -0.39 is 10.8 Å². The normalized spacial score (nSPS) is 16.4. The molecule has 0 unspecified atom stereocenters. The summed E-state index contributed by atoms with van der Waals surface area (Å²) >= 11 is 1.74. The highest BCUT2D eigenvalue weighted by Gasteiger charge is 2.20. The minimum Gasteiger partial charge on any atom is -0.383 e. The van der Waals surface area contributed by atoms with Gasteiger partial charge in [0.15, 0.2) is 0 Å². The Morgan fingerprint density at radius 3 is 2.57 bits per heavy atom. The first-order valence-electron chi connectivity index (χ1n) is 12.8. The summed E-state index contributed by atoms with van der Waals surface area (Å²) in [6.07, 6.45) is 4.88. The topological polar surface area (TPSA) is 53.1 Å². The second-order valence-electron chi connectivity index (χ2n) is 9.35. The van der Waals surface area contributed by atoms with Crippen LogP contribution in [0.4, 0.5) is 11.4 Å². The van der Waals surface area contributed by atoms with Crippen LogP contribution < -0.4 is 9.80 Å². The number of hydrogen-bond donors (Lipinski definition) is 0. The van der Waals surface area contributed by atoms with Crippen molar-refractivity contribution in [2.45, 2.75) is 26.3 Å². The molecule has 0 spiro atoms. The molecule has 2 aromatic carbocycles. The first kappa shape index (κ1) is 27.5. The first-order chi connectivity index (χ1) is 18.0. The predicted molar refractivity (Wildman–Crippen MR) is 157 cm³/mol. The highest BCUT2D eigenvalue weighted by atomic mass is 32.2. The summed E-state index contributed by atoms with van der Waals surface area (Å²) in [4.78, 5) is 19.2. The van der Waals surface area contributed by atoms with Crippen LogP contribution in [-0.4, -0.2) is 66.9 Å². The minimum absolute atomic E-state index is 0.505. The summed E-state index contributed by atoms with van der Waals surface area (Å²) in [5.41, 5.74) is 5.97. The van der Waals surface area contributed by atoms with E-state index in [0.717, 1.165) is 67.7 Å². The largest absolute Gasteiger partial charge is 0.383 e. The Kier molecular flexibility index (Phi) is 9.88. The Morgan fingerprint density at radius 1 is 1.14 bits per heavy atom. The lowest BCUT2D eigenvalue weighted by atomic mass is 9.99. The zero-order valence-electron chi connectivity index (χ0n) is 21.9. The fraction of sp³-hybridized carbons (Fsp3) is 0.414. The molecule has 8 heteroatoms. The predicted octanol–water partition coefficient (Wildman–Crippen LogP) is 4.57. The van der Waals surface area contributed by atoms with E-state index in [2.05, 4.69) is 65.8 Å². The third-order valence-electron chi connectivity index (χ3n) is 6.98. The lowest BCUT2D eigenvalue weighted by molar-refractivity contribution is -0.107. The number of nitrogens with zero attached hydrogens (tertiary/aromatic N) is 3. The molecule has 0 bridgehead atoms. The Bertz CT molecular complexity index is 1140. The molecule has 4 rings (SSSR count). The van der Waals surface area contributed by atoms with Gasteiger partial charge >= 0.3 is 0 Å². The Morgan fingerprint density at radius 2 is 1.89 bits per heavy atom. The van der Waals surface area contributed by atoms with Crippen LogP contribution in [0.25, 0.3) is 0 Å². The van der Waals surface area contributed by atoms with Crippen LogP contribution in [0, 0.1) is 0 Å². The molecule has 37 heavy (non-hydrogen) atoms. The van der Waals surface area contributed by atoms with E-state index in [1.165, 1.54) is 27.3 Å². The van der Waals surface area contributed by atoms with Crippen LogP contribution in [-0.2, 0) is 39.7 Å². The lowest BCUT2D eigenvalue weighted by Crippen LogP contribution is -2.37. The van der Waals surface area contributed by atoms with Gasteiger partial charge in [-0.05, 0) is 59.2 Å². The maximum atomic E-state index is 11.6. The number of methoxy groups -OCH3 is 1. The number of carbonyl (C=O) groups excluding carboxylic acids is 1. The molecule has 0 aliphatic carbocycles. The van der Waals surface area contributed by atoms with Crippen LogP contribution >= 0.6 is 11.8 Å². The van der Waals surface area contributed by atoms with Gasteiger partial charge in [0.2, 0.25) is 6.41 Å². The monoisotopic (exact) mass is 539 g/mol. The van der Waals surface area contributed by atoms with E-state index in [9.17, 15) is 9.00 Å². The molecule has 1 amide bonds. The van der Waals surface area contributed by atoms with Crippen LogP contribution in [0.1, 0.15) is 23.6 Å². The minimum atomic E-state index is -0.659. The number of benzene rings is 2. The Balaban J connectivity index is 1.35. The summed E-state index contributed by atoms with van der Waals surface area (Å²) in [7, 11) is 0.986. The van der Waals surface area contributed by atoms with Gasteiger partial charge in [-0.15, -0.1) is 0 Å². The van der Waals surface area contributed by atoms with Gasteiger partial charge in [-0.25, -0.2) is 0 Å². The number of amides is 1. The number of hydrogen-bond acceptors (Lipinski definition) is 6. The molecule has 0 N–H and O–H groups in total. The van der Waals surface area contributed by atoms with Crippen LogP contribution in [0.15, 0.2) is 65.1 Å². The number of thioether (sulfide) groups is 1. The molecular formula is C29H37N3O3S2. The quantitative estimate of drug-likeness (QED) is 0.390. The van der Waals surface area contributed by atoms with E-state index in [4.69, 9.17) is 4.74 Å². The van der Waals surface area contributed by atoms with E-state index in [1.807, 2.05) is 6.07 Å². The van der Waals surface area contributed by atoms with Gasteiger partial charge in [-0.1, -0.05) is 42.6 Å². The maximum absolute atomic E-state index is 11.6. The molecule has 2 aliphatic rings. The molecular weight excluding hydrogens is 502 g/mol. The molecule has 2 aliphatic heterocycles. The number of ether oxygens (including phenoxy) is 1. The van der Waals surface area contributed by atoms with Gasteiger partial charge in [0.25, 0.3) is 0 Å². The molecule has 1 fully saturated rings. The fourth-order valence-electron chi connectivity index (χ4n) is 4.70. The molecule has 0 saturated carbocycles. The van der Waals surface area contributed by atoms with Crippen molar-refractivity contribution in [2.24, 2.45) is 0 Å². The average Bonchev–Trinajstić information content (AvgIpc) is 2.93. The zero-order chi connectivity index (χ0) is 26.2. The summed E-state index contributed by atoms with van der Waals surface area (Å²) in [6.45, 7) is 11.0. The van der Waals surface area contributed by atoms with Gasteiger partial charge in [0.1, 0.15) is 0 Å². The first-order valence-corrected chi connectivity index (χ1v) is 15.1.